The number of fused-ring (bicyclic) bond motifs is 1. The Labute approximate surface area is 155 Å². The molecule has 0 aliphatic carbocycles. The zero-order valence-corrected chi connectivity index (χ0v) is 15.7. The van der Waals surface area contributed by atoms with Crippen LogP contribution in [0, 0.1) is 0 Å². The molecule has 0 radical (unpaired) electrons. The topological polar surface area (TPSA) is 32.8 Å². The van der Waals surface area contributed by atoms with Crippen molar-refractivity contribution in [2.24, 2.45) is 0 Å². The molecule has 1 aliphatic heterocycles. The van der Waals surface area contributed by atoms with Gasteiger partial charge in [-0.1, -0.05) is 24.3 Å². The molecule has 26 heavy (non-hydrogen) atoms. The first-order chi connectivity index (χ1) is 12.6. The van der Waals surface area contributed by atoms with Crippen LogP contribution >= 0.6 is 0 Å². The quantitative estimate of drug-likeness (QED) is 0.751. The number of carbonyl (C=O) groups is 1. The molecule has 1 unspecified atom stereocenters. The smallest absolute Gasteiger partial charge is 0.251 e. The Balaban J connectivity index is 1.79. The number of likely N-dealkylation sites (N-methyl/N-ethyl adjacent to an activating group) is 1. The molecule has 3 rings (SSSR count). The van der Waals surface area contributed by atoms with Crippen LogP contribution in [0.3, 0.4) is 0 Å². The molecule has 4 nitrogen and oxygen atoms in total. The minimum atomic E-state index is 0.00828. The van der Waals surface area contributed by atoms with Gasteiger partial charge in [0.2, 0.25) is 0 Å². The number of rotatable bonds is 5. The maximum Gasteiger partial charge on any atom is 0.251 e. The molecule has 1 heterocycles. The van der Waals surface area contributed by atoms with E-state index < -0.39 is 0 Å². The van der Waals surface area contributed by atoms with E-state index in [4.69, 9.17) is 4.74 Å². The fourth-order valence-corrected chi connectivity index (χ4v) is 3.42. The van der Waals surface area contributed by atoms with Gasteiger partial charge in [0.15, 0.2) is 0 Å². The number of carbonyl (C=O) groups excluding carboxylic acids is 1. The summed E-state index contributed by atoms with van der Waals surface area (Å²) in [5, 5.41) is 0. The standard InChI is InChI=1S/C22H26N2O2/c1-4-23-17(3)16-24(21-9-7-6-8-20(21)23)22(25)15-12-18-10-13-19(14-11-18)26-5-2/h6-15,17H,4-5,16H2,1-3H3/b15-12+. The molecule has 1 aliphatic rings. The summed E-state index contributed by atoms with van der Waals surface area (Å²) in [7, 11) is 0. The summed E-state index contributed by atoms with van der Waals surface area (Å²) in [4.78, 5) is 17.1. The van der Waals surface area contributed by atoms with Crippen LogP contribution in [0.25, 0.3) is 6.08 Å². The van der Waals surface area contributed by atoms with Crippen LogP contribution < -0.4 is 14.5 Å². The van der Waals surface area contributed by atoms with Crippen molar-refractivity contribution in [1.29, 1.82) is 0 Å². The van der Waals surface area contributed by atoms with E-state index in [1.807, 2.05) is 60.4 Å². The van der Waals surface area contributed by atoms with Crippen LogP contribution in [-0.4, -0.2) is 31.6 Å². The van der Waals surface area contributed by atoms with Crippen molar-refractivity contribution in [2.75, 3.05) is 29.5 Å². The van der Waals surface area contributed by atoms with Gasteiger partial charge in [0.25, 0.3) is 5.91 Å². The van der Waals surface area contributed by atoms with Crippen molar-refractivity contribution in [3.8, 4) is 5.75 Å². The number of hydrogen-bond donors (Lipinski definition) is 0. The molecular formula is C22H26N2O2. The zero-order chi connectivity index (χ0) is 18.5. The number of anilines is 2. The first kappa shape index (κ1) is 18.1. The second-order valence-corrected chi connectivity index (χ2v) is 6.41. The van der Waals surface area contributed by atoms with Crippen LogP contribution in [-0.2, 0) is 4.79 Å². The van der Waals surface area contributed by atoms with E-state index in [0.29, 0.717) is 13.2 Å². The summed E-state index contributed by atoms with van der Waals surface area (Å²) in [5.74, 6) is 0.850. The molecule has 2 aromatic carbocycles. The second kappa shape index (κ2) is 8.09. The lowest BCUT2D eigenvalue weighted by molar-refractivity contribution is -0.114. The number of benzene rings is 2. The van der Waals surface area contributed by atoms with E-state index in [1.54, 1.807) is 6.08 Å². The van der Waals surface area contributed by atoms with Crippen molar-refractivity contribution in [1.82, 2.24) is 0 Å². The van der Waals surface area contributed by atoms with Gasteiger partial charge in [-0.3, -0.25) is 4.79 Å². The number of para-hydroxylation sites is 2. The van der Waals surface area contributed by atoms with Crippen molar-refractivity contribution >= 4 is 23.4 Å². The molecule has 0 saturated heterocycles. The Morgan fingerprint density at radius 3 is 2.46 bits per heavy atom. The first-order valence-electron chi connectivity index (χ1n) is 9.22. The van der Waals surface area contributed by atoms with Gasteiger partial charge in [-0.05, 0) is 56.7 Å². The molecule has 0 fully saturated rings. The van der Waals surface area contributed by atoms with Crippen molar-refractivity contribution in [2.45, 2.75) is 26.8 Å². The molecule has 0 bridgehead atoms. The van der Waals surface area contributed by atoms with Crippen LogP contribution in [0.4, 0.5) is 11.4 Å². The average molecular weight is 350 g/mol. The van der Waals surface area contributed by atoms with Gasteiger partial charge in [-0.25, -0.2) is 0 Å². The third-order valence-corrected chi connectivity index (χ3v) is 4.68. The first-order valence-corrected chi connectivity index (χ1v) is 9.22. The normalized spacial score (nSPS) is 16.7. The van der Waals surface area contributed by atoms with Gasteiger partial charge in [0, 0.05) is 25.2 Å². The third-order valence-electron chi connectivity index (χ3n) is 4.68. The number of amides is 1. The summed E-state index contributed by atoms with van der Waals surface area (Å²) >= 11 is 0. The average Bonchev–Trinajstić information content (AvgIpc) is 2.67. The Bertz CT molecular complexity index is 783. The highest BCUT2D eigenvalue weighted by atomic mass is 16.5. The van der Waals surface area contributed by atoms with Gasteiger partial charge in [-0.2, -0.15) is 0 Å². The van der Waals surface area contributed by atoms with E-state index >= 15 is 0 Å². The Kier molecular flexibility index (Phi) is 5.61. The maximum absolute atomic E-state index is 12.8. The van der Waals surface area contributed by atoms with Gasteiger partial charge in [0.1, 0.15) is 5.75 Å². The monoisotopic (exact) mass is 350 g/mol. The molecule has 0 spiro atoms. The summed E-state index contributed by atoms with van der Waals surface area (Å²) < 4.78 is 5.45. The fraction of sp³-hybridized carbons (Fsp3) is 0.318. The summed E-state index contributed by atoms with van der Waals surface area (Å²) in [6, 6.07) is 16.2. The highest BCUT2D eigenvalue weighted by Crippen LogP contribution is 2.35. The summed E-state index contributed by atoms with van der Waals surface area (Å²) in [6.07, 6.45) is 3.51. The third kappa shape index (κ3) is 3.74. The molecule has 1 atom stereocenters. The highest BCUT2D eigenvalue weighted by molar-refractivity contribution is 6.06. The lowest BCUT2D eigenvalue weighted by Crippen LogP contribution is -2.49. The predicted molar refractivity (Wildman–Crippen MR) is 108 cm³/mol. The Morgan fingerprint density at radius 1 is 1.12 bits per heavy atom. The molecular weight excluding hydrogens is 324 g/mol. The SMILES string of the molecule is CCOc1ccc(/C=C/C(=O)N2CC(C)N(CC)c3ccccc32)cc1. The van der Waals surface area contributed by atoms with Crippen molar-refractivity contribution < 1.29 is 9.53 Å². The van der Waals surface area contributed by atoms with Crippen LogP contribution in [0.2, 0.25) is 0 Å². The highest BCUT2D eigenvalue weighted by Gasteiger charge is 2.29. The van der Waals surface area contributed by atoms with Gasteiger partial charge >= 0.3 is 0 Å². The molecule has 2 aromatic rings. The van der Waals surface area contributed by atoms with Crippen LogP contribution in [0.1, 0.15) is 26.3 Å². The number of hydrogen-bond acceptors (Lipinski definition) is 3. The summed E-state index contributed by atoms with van der Waals surface area (Å²) in [5.41, 5.74) is 3.08. The Hall–Kier alpha value is -2.75. The van der Waals surface area contributed by atoms with Crippen LogP contribution in [0.5, 0.6) is 5.75 Å². The fourth-order valence-electron chi connectivity index (χ4n) is 3.42. The van der Waals surface area contributed by atoms with E-state index in [1.165, 1.54) is 0 Å². The van der Waals surface area contributed by atoms with Gasteiger partial charge in [-0.15, -0.1) is 0 Å². The van der Waals surface area contributed by atoms with Crippen molar-refractivity contribution in [3.05, 3.63) is 60.2 Å². The lowest BCUT2D eigenvalue weighted by Gasteiger charge is -2.41. The number of nitrogens with zero attached hydrogens (tertiary/aromatic N) is 2. The van der Waals surface area contributed by atoms with Gasteiger partial charge < -0.3 is 14.5 Å². The lowest BCUT2D eigenvalue weighted by atomic mass is 10.1. The molecule has 1 amide bonds. The van der Waals surface area contributed by atoms with E-state index in [0.717, 1.165) is 29.2 Å². The van der Waals surface area contributed by atoms with E-state index in [9.17, 15) is 4.79 Å². The largest absolute Gasteiger partial charge is 0.494 e. The second-order valence-electron chi connectivity index (χ2n) is 6.41. The van der Waals surface area contributed by atoms with Crippen molar-refractivity contribution in [3.63, 3.8) is 0 Å². The minimum absolute atomic E-state index is 0.00828. The molecule has 0 saturated carbocycles. The molecule has 4 heteroatoms. The Morgan fingerprint density at radius 2 is 1.81 bits per heavy atom. The molecule has 0 aromatic heterocycles. The number of ether oxygens (including phenoxy) is 1. The van der Waals surface area contributed by atoms with Crippen LogP contribution in [0.15, 0.2) is 54.6 Å². The molecule has 136 valence electrons. The van der Waals surface area contributed by atoms with E-state index in [2.05, 4.69) is 24.8 Å². The summed E-state index contributed by atoms with van der Waals surface area (Å²) in [6.45, 7) is 8.55. The predicted octanol–water partition coefficient (Wildman–Crippen LogP) is 4.36. The van der Waals surface area contributed by atoms with Gasteiger partial charge in [0.05, 0.1) is 18.0 Å². The zero-order valence-electron chi connectivity index (χ0n) is 15.7. The minimum Gasteiger partial charge on any atom is -0.494 e. The molecule has 0 N–H and O–H groups in total. The maximum atomic E-state index is 12.8. The van der Waals surface area contributed by atoms with E-state index in [-0.39, 0.29) is 11.9 Å².